The van der Waals surface area contributed by atoms with Crippen molar-refractivity contribution in [3.05, 3.63) is 138 Å². The zero-order valence-electron chi connectivity index (χ0n) is 22.6. The number of hydrogen-bond acceptors (Lipinski definition) is 5. The Hall–Kier alpha value is -4.95. The number of anilines is 1. The molecule has 8 heteroatoms. The van der Waals surface area contributed by atoms with Crippen LogP contribution in [0.15, 0.2) is 116 Å². The molecule has 1 saturated heterocycles. The number of nitrogens with zero attached hydrogens (tertiary/aromatic N) is 3. The van der Waals surface area contributed by atoms with Crippen LogP contribution in [0.25, 0.3) is 5.69 Å². The third-order valence-electron chi connectivity index (χ3n) is 7.16. The first-order valence-corrected chi connectivity index (χ1v) is 13.6. The van der Waals surface area contributed by atoms with Gasteiger partial charge in [0.15, 0.2) is 5.11 Å². The van der Waals surface area contributed by atoms with Gasteiger partial charge in [-0.05, 0) is 97.5 Å². The fourth-order valence-electron chi connectivity index (χ4n) is 5.18. The Morgan fingerprint density at radius 3 is 2.46 bits per heavy atom. The van der Waals surface area contributed by atoms with E-state index in [-0.39, 0.29) is 18.1 Å². The third-order valence-corrected chi connectivity index (χ3v) is 7.48. The van der Waals surface area contributed by atoms with Crippen molar-refractivity contribution in [2.24, 2.45) is 0 Å². The first-order valence-electron chi connectivity index (χ1n) is 13.2. The number of carbonyl (C=O) groups excluding carboxylic acids is 1. The highest BCUT2D eigenvalue weighted by atomic mass is 32.1. The van der Waals surface area contributed by atoms with Crippen molar-refractivity contribution in [1.29, 1.82) is 0 Å². The second-order valence-corrected chi connectivity index (χ2v) is 10.1. The van der Waals surface area contributed by atoms with Crippen LogP contribution < -0.4 is 15.0 Å². The van der Waals surface area contributed by atoms with E-state index in [1.807, 2.05) is 104 Å². The van der Waals surface area contributed by atoms with Crippen molar-refractivity contribution in [1.82, 2.24) is 14.9 Å². The summed E-state index contributed by atoms with van der Waals surface area (Å²) in [5, 5.41) is 4.10. The average molecular weight is 561 g/mol. The normalized spacial score (nSPS) is 16.3. The lowest BCUT2D eigenvalue weighted by Crippen LogP contribution is -2.30. The molecule has 0 spiro atoms. The Bertz CT molecular complexity index is 1700. The molecule has 1 aliphatic heterocycles. The van der Waals surface area contributed by atoms with E-state index in [1.54, 1.807) is 12.3 Å². The van der Waals surface area contributed by atoms with Gasteiger partial charge in [-0.3, -0.25) is 4.98 Å². The topological polar surface area (TPSA) is 68.6 Å². The molecule has 5 aromatic rings. The molecule has 204 valence electrons. The Morgan fingerprint density at radius 1 is 0.902 bits per heavy atom. The average Bonchev–Trinajstić information content (AvgIpc) is 3.63. The van der Waals surface area contributed by atoms with Gasteiger partial charge in [0, 0.05) is 29.5 Å². The number of esters is 1. The smallest absolute Gasteiger partial charge is 0.337 e. The number of ether oxygens (including phenoxy) is 2. The van der Waals surface area contributed by atoms with Gasteiger partial charge in [-0.1, -0.05) is 30.3 Å². The maximum atomic E-state index is 12.3. The summed E-state index contributed by atoms with van der Waals surface area (Å²) in [7, 11) is 1.38. The lowest BCUT2D eigenvalue weighted by atomic mass is 10.0. The van der Waals surface area contributed by atoms with Crippen LogP contribution in [0.3, 0.4) is 0 Å². The maximum absolute atomic E-state index is 12.3. The van der Waals surface area contributed by atoms with Gasteiger partial charge < -0.3 is 24.3 Å². The summed E-state index contributed by atoms with van der Waals surface area (Å²) >= 11 is 5.92. The molecule has 0 saturated carbocycles. The monoisotopic (exact) mass is 560 g/mol. The second-order valence-electron chi connectivity index (χ2n) is 9.70. The van der Waals surface area contributed by atoms with Crippen molar-refractivity contribution in [3.63, 3.8) is 0 Å². The standard InChI is InChI=1S/C33H28N4O3S/c1-22-9-3-4-14-29(22)40-26-17-15-24(16-18-26)37-31(30(35-33(37)41)27-12-5-6-19-34-27)28-13-8-20-36(28)25-11-7-10-23(21-25)32(38)39-2/h3-21,30-31H,1-2H3,(H,35,41). The Kier molecular flexibility index (Phi) is 7.22. The summed E-state index contributed by atoms with van der Waals surface area (Å²) < 4.78 is 13.2. The minimum Gasteiger partial charge on any atom is -0.465 e. The molecule has 0 aliphatic carbocycles. The van der Waals surface area contributed by atoms with Gasteiger partial charge in [0.05, 0.1) is 24.4 Å². The number of hydrogen-bond donors (Lipinski definition) is 1. The van der Waals surface area contributed by atoms with Gasteiger partial charge in [0.25, 0.3) is 0 Å². The molecule has 0 radical (unpaired) electrons. The molecule has 7 nitrogen and oxygen atoms in total. The van der Waals surface area contributed by atoms with E-state index < -0.39 is 0 Å². The minimum absolute atomic E-state index is 0.218. The van der Waals surface area contributed by atoms with E-state index in [0.29, 0.717) is 10.7 Å². The molecule has 41 heavy (non-hydrogen) atoms. The number of thiocarbonyl (C=S) groups is 1. The molecule has 6 rings (SSSR count). The Balaban J connectivity index is 1.40. The molecular weight excluding hydrogens is 532 g/mol. The summed E-state index contributed by atoms with van der Waals surface area (Å²) in [5.74, 6) is 1.17. The molecule has 2 unspecified atom stereocenters. The lowest BCUT2D eigenvalue weighted by molar-refractivity contribution is 0.0600. The predicted molar refractivity (Wildman–Crippen MR) is 163 cm³/mol. The highest BCUT2D eigenvalue weighted by molar-refractivity contribution is 7.80. The predicted octanol–water partition coefficient (Wildman–Crippen LogP) is 6.94. The molecule has 1 aliphatic rings. The van der Waals surface area contributed by atoms with Crippen LogP contribution in [-0.2, 0) is 4.74 Å². The molecule has 2 aromatic heterocycles. The van der Waals surface area contributed by atoms with Gasteiger partial charge in [0.2, 0.25) is 0 Å². The fraction of sp³-hybridized carbons (Fsp3) is 0.121. The lowest BCUT2D eigenvalue weighted by Gasteiger charge is -2.29. The number of carbonyl (C=O) groups is 1. The van der Waals surface area contributed by atoms with Gasteiger partial charge in [-0.25, -0.2) is 4.79 Å². The number of benzene rings is 3. The fourth-order valence-corrected chi connectivity index (χ4v) is 5.52. The zero-order chi connectivity index (χ0) is 28.3. The largest absolute Gasteiger partial charge is 0.465 e. The van der Waals surface area contributed by atoms with E-state index in [2.05, 4.69) is 25.8 Å². The van der Waals surface area contributed by atoms with Gasteiger partial charge in [0.1, 0.15) is 17.5 Å². The molecule has 3 heterocycles. The Morgan fingerprint density at radius 2 is 1.71 bits per heavy atom. The van der Waals surface area contributed by atoms with Crippen molar-refractivity contribution in [3.8, 4) is 17.2 Å². The van der Waals surface area contributed by atoms with Crippen molar-refractivity contribution in [2.45, 2.75) is 19.0 Å². The van der Waals surface area contributed by atoms with Gasteiger partial charge >= 0.3 is 5.97 Å². The SMILES string of the molecule is COC(=O)c1cccc(-n2cccc2C2C(c3ccccn3)NC(=S)N2c2ccc(Oc3ccccc3C)cc2)c1. The summed E-state index contributed by atoms with van der Waals surface area (Å²) in [4.78, 5) is 19.0. The molecule has 0 bridgehead atoms. The molecular formula is C33H28N4O3S. The number of aromatic nitrogens is 2. The number of para-hydroxylation sites is 1. The van der Waals surface area contributed by atoms with Crippen LogP contribution in [0.2, 0.25) is 0 Å². The molecule has 1 N–H and O–H groups in total. The summed E-state index contributed by atoms with van der Waals surface area (Å²) in [5.41, 5.74) is 5.16. The van der Waals surface area contributed by atoms with Crippen LogP contribution in [0, 0.1) is 6.92 Å². The van der Waals surface area contributed by atoms with E-state index in [0.717, 1.165) is 39.8 Å². The first-order chi connectivity index (χ1) is 20.0. The molecule has 1 fully saturated rings. The van der Waals surface area contributed by atoms with Crippen molar-refractivity contribution in [2.75, 3.05) is 12.0 Å². The van der Waals surface area contributed by atoms with Crippen LogP contribution in [0.5, 0.6) is 11.5 Å². The molecule has 0 amide bonds. The van der Waals surface area contributed by atoms with Crippen LogP contribution in [0.4, 0.5) is 5.69 Å². The minimum atomic E-state index is -0.384. The van der Waals surface area contributed by atoms with E-state index >= 15 is 0 Å². The maximum Gasteiger partial charge on any atom is 0.337 e. The van der Waals surface area contributed by atoms with E-state index in [4.69, 9.17) is 21.7 Å². The van der Waals surface area contributed by atoms with Crippen LogP contribution in [0.1, 0.15) is 39.4 Å². The second kappa shape index (κ2) is 11.3. The summed E-state index contributed by atoms with van der Waals surface area (Å²) in [6.07, 6.45) is 3.77. The first kappa shape index (κ1) is 26.3. The van der Waals surface area contributed by atoms with Crippen LogP contribution in [-0.4, -0.2) is 27.7 Å². The van der Waals surface area contributed by atoms with Gasteiger partial charge in [-0.2, -0.15) is 0 Å². The number of nitrogens with one attached hydrogen (secondary N) is 1. The molecule has 3 aromatic carbocycles. The number of pyridine rings is 1. The number of methoxy groups -OCH3 is 1. The Labute approximate surface area is 244 Å². The van der Waals surface area contributed by atoms with E-state index in [9.17, 15) is 4.79 Å². The summed E-state index contributed by atoms with van der Waals surface area (Å²) in [6, 6.07) is 32.7. The van der Waals surface area contributed by atoms with Gasteiger partial charge in [-0.15, -0.1) is 0 Å². The molecule has 2 atom stereocenters. The zero-order valence-corrected chi connectivity index (χ0v) is 23.4. The number of aryl methyl sites for hydroxylation is 1. The highest BCUT2D eigenvalue weighted by Crippen LogP contribution is 2.42. The summed E-state index contributed by atoms with van der Waals surface area (Å²) in [6.45, 7) is 2.02. The number of rotatable bonds is 7. The van der Waals surface area contributed by atoms with Crippen LogP contribution >= 0.6 is 12.2 Å². The van der Waals surface area contributed by atoms with Crippen molar-refractivity contribution >= 4 is 29.0 Å². The highest BCUT2D eigenvalue weighted by Gasteiger charge is 2.42. The van der Waals surface area contributed by atoms with E-state index in [1.165, 1.54) is 7.11 Å². The van der Waals surface area contributed by atoms with Crippen molar-refractivity contribution < 1.29 is 14.3 Å². The third kappa shape index (κ3) is 5.17. The quantitative estimate of drug-likeness (QED) is 0.171.